The summed E-state index contributed by atoms with van der Waals surface area (Å²) in [6.07, 6.45) is 5.28. The van der Waals surface area contributed by atoms with Crippen molar-refractivity contribution in [3.05, 3.63) is 24.3 Å². The van der Waals surface area contributed by atoms with Gasteiger partial charge in [-0.1, -0.05) is 22.9 Å². The molecule has 0 fully saturated rings. The zero-order valence-corrected chi connectivity index (χ0v) is 10.4. The van der Waals surface area contributed by atoms with E-state index in [2.05, 4.69) is 31.2 Å². The van der Waals surface area contributed by atoms with Crippen molar-refractivity contribution in [2.75, 3.05) is 5.33 Å². The molecule has 1 N–H and O–H groups in total. The van der Waals surface area contributed by atoms with E-state index in [1.807, 2.05) is 13.8 Å². The quantitative estimate of drug-likeness (QED) is 0.850. The van der Waals surface area contributed by atoms with Gasteiger partial charge in [0, 0.05) is 23.3 Å². The first-order valence-corrected chi connectivity index (χ1v) is 5.87. The van der Waals surface area contributed by atoms with Crippen LogP contribution in [0.2, 0.25) is 0 Å². The third kappa shape index (κ3) is 3.27. The highest BCUT2D eigenvalue weighted by Crippen LogP contribution is 2.13. The molecular formula is C10H14BrN3O. The Morgan fingerprint density at radius 2 is 2.13 bits per heavy atom. The highest BCUT2D eigenvalue weighted by molar-refractivity contribution is 9.09. The van der Waals surface area contributed by atoms with Crippen LogP contribution in [0.1, 0.15) is 30.6 Å². The van der Waals surface area contributed by atoms with Crippen molar-refractivity contribution in [3.8, 4) is 0 Å². The van der Waals surface area contributed by atoms with Gasteiger partial charge in [-0.3, -0.25) is 4.79 Å². The van der Waals surface area contributed by atoms with Gasteiger partial charge in [-0.25, -0.2) is 9.97 Å². The van der Waals surface area contributed by atoms with Crippen LogP contribution >= 0.6 is 15.9 Å². The van der Waals surface area contributed by atoms with Gasteiger partial charge in [-0.05, 0) is 13.3 Å². The van der Waals surface area contributed by atoms with E-state index in [1.165, 1.54) is 18.7 Å². The molecule has 1 heterocycles. The van der Waals surface area contributed by atoms with Crippen molar-refractivity contribution in [2.24, 2.45) is 0 Å². The maximum atomic E-state index is 11.8. The monoisotopic (exact) mass is 271 g/mol. The van der Waals surface area contributed by atoms with E-state index in [9.17, 15) is 4.79 Å². The lowest BCUT2D eigenvalue weighted by atomic mass is 10.0. The van der Waals surface area contributed by atoms with Gasteiger partial charge in [-0.15, -0.1) is 0 Å². The van der Waals surface area contributed by atoms with Crippen LogP contribution in [0, 0.1) is 0 Å². The highest BCUT2D eigenvalue weighted by Gasteiger charge is 2.23. The van der Waals surface area contributed by atoms with Gasteiger partial charge < -0.3 is 5.32 Å². The number of rotatable bonds is 4. The summed E-state index contributed by atoms with van der Waals surface area (Å²) in [6.45, 7) is 4.02. The molecule has 0 aliphatic heterocycles. The number of aromatic nitrogens is 2. The van der Waals surface area contributed by atoms with Crippen molar-refractivity contribution in [1.82, 2.24) is 15.3 Å². The molecule has 0 saturated heterocycles. The number of carbonyl (C=O) groups excluding carboxylic acids is 1. The van der Waals surface area contributed by atoms with Crippen molar-refractivity contribution in [2.45, 2.75) is 25.8 Å². The fourth-order valence-electron chi connectivity index (χ4n) is 0.979. The fraction of sp³-hybridized carbons (Fsp3) is 0.500. The van der Waals surface area contributed by atoms with E-state index in [1.54, 1.807) is 0 Å². The molecule has 0 bridgehead atoms. The summed E-state index contributed by atoms with van der Waals surface area (Å²) in [5.41, 5.74) is 0.255. The van der Waals surface area contributed by atoms with Gasteiger partial charge in [0.05, 0.1) is 5.56 Å². The average Bonchev–Trinajstić information content (AvgIpc) is 2.30. The summed E-state index contributed by atoms with van der Waals surface area (Å²) < 4.78 is 0. The van der Waals surface area contributed by atoms with E-state index < -0.39 is 0 Å². The number of amides is 1. The standard InChI is InChI=1S/C10H14BrN3O/c1-3-10(2,6-11)14-9(15)8-4-12-7-13-5-8/h4-5,7H,3,6H2,1-2H3,(H,14,15). The van der Waals surface area contributed by atoms with Crippen LogP contribution in [-0.4, -0.2) is 26.7 Å². The van der Waals surface area contributed by atoms with E-state index in [0.717, 1.165) is 11.8 Å². The van der Waals surface area contributed by atoms with Gasteiger partial charge in [0.1, 0.15) is 6.33 Å². The Balaban J connectivity index is 2.72. The van der Waals surface area contributed by atoms with Crippen LogP contribution in [-0.2, 0) is 0 Å². The van der Waals surface area contributed by atoms with Gasteiger partial charge in [0.25, 0.3) is 5.91 Å². The van der Waals surface area contributed by atoms with E-state index >= 15 is 0 Å². The molecule has 0 radical (unpaired) electrons. The Kier molecular flexibility index (Phi) is 4.20. The molecule has 0 aliphatic rings. The minimum atomic E-state index is -0.229. The second kappa shape index (κ2) is 5.21. The predicted molar refractivity (Wildman–Crippen MR) is 62.0 cm³/mol. The smallest absolute Gasteiger partial charge is 0.254 e. The molecule has 0 saturated carbocycles. The summed E-state index contributed by atoms with van der Waals surface area (Å²) in [5, 5.41) is 3.66. The Labute approximate surface area is 97.6 Å². The second-order valence-electron chi connectivity index (χ2n) is 3.63. The van der Waals surface area contributed by atoms with E-state index in [0.29, 0.717) is 5.56 Å². The lowest BCUT2D eigenvalue weighted by molar-refractivity contribution is 0.0912. The molecule has 1 aromatic heterocycles. The van der Waals surface area contributed by atoms with E-state index in [4.69, 9.17) is 0 Å². The van der Waals surface area contributed by atoms with Crippen LogP contribution in [0.5, 0.6) is 0 Å². The van der Waals surface area contributed by atoms with E-state index in [-0.39, 0.29) is 11.4 Å². The number of carbonyl (C=O) groups is 1. The van der Waals surface area contributed by atoms with Crippen LogP contribution in [0.4, 0.5) is 0 Å². The molecule has 1 rings (SSSR count). The van der Waals surface area contributed by atoms with Crippen LogP contribution < -0.4 is 5.32 Å². The molecule has 0 aromatic carbocycles. The van der Waals surface area contributed by atoms with Crippen LogP contribution in [0.15, 0.2) is 18.7 Å². The molecule has 82 valence electrons. The Morgan fingerprint density at radius 1 is 1.53 bits per heavy atom. The molecule has 1 aromatic rings. The first-order chi connectivity index (χ1) is 7.11. The number of alkyl halides is 1. The Bertz CT molecular complexity index is 325. The number of halogens is 1. The molecule has 5 heteroatoms. The maximum Gasteiger partial charge on any atom is 0.254 e. The van der Waals surface area contributed by atoms with Gasteiger partial charge in [0.2, 0.25) is 0 Å². The third-order valence-corrected chi connectivity index (χ3v) is 3.55. The first kappa shape index (κ1) is 12.1. The molecule has 4 nitrogen and oxygen atoms in total. The second-order valence-corrected chi connectivity index (χ2v) is 4.19. The summed E-state index contributed by atoms with van der Waals surface area (Å²) in [6, 6.07) is 0. The topological polar surface area (TPSA) is 54.9 Å². The number of nitrogens with one attached hydrogen (secondary N) is 1. The summed E-state index contributed by atoms with van der Waals surface area (Å²) in [5.74, 6) is -0.139. The zero-order valence-electron chi connectivity index (χ0n) is 8.83. The maximum absolute atomic E-state index is 11.8. The number of nitrogens with zero attached hydrogens (tertiary/aromatic N) is 2. The minimum absolute atomic E-state index is 0.139. The Hall–Kier alpha value is -0.970. The largest absolute Gasteiger partial charge is 0.346 e. The molecule has 15 heavy (non-hydrogen) atoms. The van der Waals surface area contributed by atoms with Gasteiger partial charge >= 0.3 is 0 Å². The minimum Gasteiger partial charge on any atom is -0.346 e. The molecule has 0 aliphatic carbocycles. The first-order valence-electron chi connectivity index (χ1n) is 4.75. The molecule has 0 spiro atoms. The lowest BCUT2D eigenvalue weighted by Crippen LogP contribution is -2.47. The summed E-state index contributed by atoms with van der Waals surface area (Å²) in [7, 11) is 0. The SMILES string of the molecule is CCC(C)(CBr)NC(=O)c1cncnc1. The third-order valence-electron chi connectivity index (χ3n) is 2.31. The van der Waals surface area contributed by atoms with Crippen molar-refractivity contribution in [3.63, 3.8) is 0 Å². The predicted octanol–water partition coefficient (Wildman–Crippen LogP) is 1.77. The van der Waals surface area contributed by atoms with Crippen molar-refractivity contribution < 1.29 is 4.79 Å². The molecule has 1 unspecified atom stereocenters. The highest BCUT2D eigenvalue weighted by atomic mass is 79.9. The van der Waals surface area contributed by atoms with Gasteiger partial charge in [0.15, 0.2) is 0 Å². The molecular weight excluding hydrogens is 258 g/mol. The Morgan fingerprint density at radius 3 is 2.60 bits per heavy atom. The summed E-state index contributed by atoms with van der Waals surface area (Å²) in [4.78, 5) is 19.4. The van der Waals surface area contributed by atoms with Crippen LogP contribution in [0.25, 0.3) is 0 Å². The normalized spacial score (nSPS) is 14.3. The number of hydrogen-bond acceptors (Lipinski definition) is 3. The van der Waals surface area contributed by atoms with Crippen LogP contribution in [0.3, 0.4) is 0 Å². The van der Waals surface area contributed by atoms with Crippen molar-refractivity contribution in [1.29, 1.82) is 0 Å². The number of hydrogen-bond donors (Lipinski definition) is 1. The molecule has 1 atom stereocenters. The van der Waals surface area contributed by atoms with Crippen molar-refractivity contribution >= 4 is 21.8 Å². The lowest BCUT2D eigenvalue weighted by Gasteiger charge is -2.27. The molecule has 1 amide bonds. The average molecular weight is 272 g/mol. The van der Waals surface area contributed by atoms with Gasteiger partial charge in [-0.2, -0.15) is 0 Å². The fourth-order valence-corrected chi connectivity index (χ4v) is 1.52. The summed E-state index contributed by atoms with van der Waals surface area (Å²) >= 11 is 3.39. The zero-order chi connectivity index (χ0) is 11.3.